The van der Waals surface area contributed by atoms with E-state index in [4.69, 9.17) is 27.9 Å². The Hall–Kier alpha value is -0.480. The summed E-state index contributed by atoms with van der Waals surface area (Å²) in [5, 5.41) is 13.0. The molecule has 0 spiro atoms. The molecule has 0 aliphatic rings. The first-order valence-electron chi connectivity index (χ1n) is 3.98. The van der Waals surface area contributed by atoms with Crippen molar-refractivity contribution in [1.29, 1.82) is 0 Å². The third-order valence-corrected chi connectivity index (χ3v) is 2.46. The average Bonchev–Trinajstić information content (AvgIpc) is 2.19. The third kappa shape index (κ3) is 2.30. The van der Waals surface area contributed by atoms with Crippen molar-refractivity contribution >= 4 is 23.2 Å². The Morgan fingerprint density at radius 2 is 2.00 bits per heavy atom. The lowest BCUT2D eigenvalue weighted by Gasteiger charge is -2.13. The Morgan fingerprint density at radius 3 is 2.50 bits per heavy atom. The van der Waals surface area contributed by atoms with Gasteiger partial charge in [0.1, 0.15) is 12.0 Å². The summed E-state index contributed by atoms with van der Waals surface area (Å²) in [5.41, 5.74) is 0.528. The summed E-state index contributed by atoms with van der Waals surface area (Å²) in [5.74, 6) is 0.490. The molecule has 0 saturated carbocycles. The highest BCUT2D eigenvalue weighted by atomic mass is 35.5. The topological polar surface area (TPSA) is 41.5 Å². The minimum absolute atomic E-state index is 0.410. The lowest BCUT2D eigenvalue weighted by atomic mass is 10.2. The molecule has 1 unspecified atom stereocenters. The molecule has 3 nitrogen and oxygen atoms in total. The Balaban J connectivity index is 3.14. The second kappa shape index (κ2) is 4.84. The van der Waals surface area contributed by atoms with Gasteiger partial charge in [0.15, 0.2) is 0 Å². The standard InChI is InChI=1S/C9H11Cl2NO2/c1-12-9(13)5-3-7(11)8(14-2)4-6(5)10/h3-4,9,12-13H,1-2H3. The molecule has 2 N–H and O–H groups in total. The van der Waals surface area contributed by atoms with E-state index >= 15 is 0 Å². The molecule has 78 valence electrons. The molecular weight excluding hydrogens is 225 g/mol. The fourth-order valence-corrected chi connectivity index (χ4v) is 1.57. The van der Waals surface area contributed by atoms with E-state index < -0.39 is 6.23 Å². The fourth-order valence-electron chi connectivity index (χ4n) is 1.07. The SMILES string of the molecule is CNC(O)c1cc(Cl)c(OC)cc1Cl. The summed E-state index contributed by atoms with van der Waals surface area (Å²) < 4.78 is 4.98. The van der Waals surface area contributed by atoms with E-state index in [1.807, 2.05) is 0 Å². The van der Waals surface area contributed by atoms with E-state index in [1.165, 1.54) is 7.11 Å². The van der Waals surface area contributed by atoms with Crippen LogP contribution in [0.4, 0.5) is 0 Å². The van der Waals surface area contributed by atoms with Gasteiger partial charge >= 0.3 is 0 Å². The Bertz CT molecular complexity index is 331. The van der Waals surface area contributed by atoms with Crippen LogP contribution in [0.2, 0.25) is 10.0 Å². The quantitative estimate of drug-likeness (QED) is 0.790. The van der Waals surface area contributed by atoms with E-state index in [-0.39, 0.29) is 0 Å². The van der Waals surface area contributed by atoms with Crippen LogP contribution in [0.5, 0.6) is 5.75 Å². The molecule has 1 aromatic rings. The predicted octanol–water partition coefficient (Wildman–Crippen LogP) is 2.21. The summed E-state index contributed by atoms with van der Waals surface area (Å²) in [6.07, 6.45) is -0.828. The molecule has 0 saturated heterocycles. The summed E-state index contributed by atoms with van der Waals surface area (Å²) in [7, 11) is 3.13. The van der Waals surface area contributed by atoms with Gasteiger partial charge in [0, 0.05) is 11.6 Å². The normalized spacial score (nSPS) is 12.6. The highest BCUT2D eigenvalue weighted by Gasteiger charge is 2.13. The van der Waals surface area contributed by atoms with Crippen LogP contribution in [0, 0.1) is 0 Å². The summed E-state index contributed by atoms with van der Waals surface area (Å²) in [6.45, 7) is 0. The molecule has 0 amide bonds. The van der Waals surface area contributed by atoms with Crippen molar-refractivity contribution in [2.75, 3.05) is 14.2 Å². The zero-order valence-corrected chi connectivity index (χ0v) is 9.36. The van der Waals surface area contributed by atoms with Gasteiger partial charge in [0.2, 0.25) is 0 Å². The lowest BCUT2D eigenvalue weighted by molar-refractivity contribution is 0.149. The molecule has 1 aromatic carbocycles. The number of rotatable bonds is 3. The van der Waals surface area contributed by atoms with Gasteiger partial charge in [-0.25, -0.2) is 0 Å². The van der Waals surface area contributed by atoms with E-state index in [1.54, 1.807) is 19.2 Å². The maximum atomic E-state index is 9.50. The van der Waals surface area contributed by atoms with Gasteiger partial charge in [-0.15, -0.1) is 0 Å². The van der Waals surface area contributed by atoms with Gasteiger partial charge in [0.05, 0.1) is 17.2 Å². The first kappa shape index (κ1) is 11.6. The second-order valence-corrected chi connectivity index (χ2v) is 3.51. The first-order chi connectivity index (χ1) is 6.60. The number of nitrogens with one attached hydrogen (secondary N) is 1. The van der Waals surface area contributed by atoms with Crippen LogP contribution in [0.1, 0.15) is 11.8 Å². The summed E-state index contributed by atoms with van der Waals surface area (Å²) in [6, 6.07) is 3.14. The number of hydrogen-bond acceptors (Lipinski definition) is 3. The van der Waals surface area contributed by atoms with Gasteiger partial charge in [-0.2, -0.15) is 0 Å². The smallest absolute Gasteiger partial charge is 0.138 e. The molecule has 0 fully saturated rings. The van der Waals surface area contributed by atoms with Crippen molar-refractivity contribution in [3.8, 4) is 5.75 Å². The number of hydrogen-bond donors (Lipinski definition) is 2. The van der Waals surface area contributed by atoms with Crippen LogP contribution in [0.15, 0.2) is 12.1 Å². The van der Waals surface area contributed by atoms with Gasteiger partial charge < -0.3 is 9.84 Å². The zero-order chi connectivity index (χ0) is 10.7. The molecule has 0 radical (unpaired) electrons. The molecule has 0 aromatic heterocycles. The largest absolute Gasteiger partial charge is 0.495 e. The van der Waals surface area contributed by atoms with Crippen LogP contribution >= 0.6 is 23.2 Å². The van der Waals surface area contributed by atoms with Crippen LogP contribution < -0.4 is 10.1 Å². The van der Waals surface area contributed by atoms with Crippen molar-refractivity contribution in [2.24, 2.45) is 0 Å². The highest BCUT2D eigenvalue weighted by molar-refractivity contribution is 6.34. The van der Waals surface area contributed by atoms with Crippen molar-refractivity contribution < 1.29 is 9.84 Å². The summed E-state index contributed by atoms with van der Waals surface area (Å²) in [4.78, 5) is 0. The number of ether oxygens (including phenoxy) is 1. The predicted molar refractivity (Wildman–Crippen MR) is 57.0 cm³/mol. The van der Waals surface area contributed by atoms with E-state index in [0.717, 1.165) is 0 Å². The van der Waals surface area contributed by atoms with Crippen molar-refractivity contribution in [2.45, 2.75) is 6.23 Å². The minimum Gasteiger partial charge on any atom is -0.495 e. The lowest BCUT2D eigenvalue weighted by Crippen LogP contribution is -2.15. The van der Waals surface area contributed by atoms with Crippen molar-refractivity contribution in [3.63, 3.8) is 0 Å². The number of methoxy groups -OCH3 is 1. The maximum Gasteiger partial charge on any atom is 0.138 e. The molecule has 0 aliphatic carbocycles. The van der Waals surface area contributed by atoms with E-state index in [2.05, 4.69) is 5.32 Å². The number of benzene rings is 1. The van der Waals surface area contributed by atoms with Crippen LogP contribution in [-0.2, 0) is 0 Å². The van der Waals surface area contributed by atoms with Gasteiger partial charge in [-0.05, 0) is 13.1 Å². The summed E-state index contributed by atoms with van der Waals surface area (Å²) >= 11 is 11.8. The third-order valence-electron chi connectivity index (χ3n) is 1.84. The molecule has 14 heavy (non-hydrogen) atoms. The molecule has 1 atom stereocenters. The van der Waals surface area contributed by atoms with Gasteiger partial charge in [-0.1, -0.05) is 23.2 Å². The molecule has 0 bridgehead atoms. The van der Waals surface area contributed by atoms with Gasteiger partial charge in [0.25, 0.3) is 0 Å². The van der Waals surface area contributed by atoms with Gasteiger partial charge in [-0.3, -0.25) is 5.32 Å². The Kier molecular flexibility index (Phi) is 4.01. The first-order valence-corrected chi connectivity index (χ1v) is 4.74. The zero-order valence-electron chi connectivity index (χ0n) is 7.84. The van der Waals surface area contributed by atoms with Crippen molar-refractivity contribution in [1.82, 2.24) is 5.32 Å². The molecule has 0 aliphatic heterocycles. The average molecular weight is 236 g/mol. The number of halogens is 2. The van der Waals surface area contributed by atoms with Crippen LogP contribution in [0.3, 0.4) is 0 Å². The number of aliphatic hydroxyl groups excluding tert-OH is 1. The fraction of sp³-hybridized carbons (Fsp3) is 0.333. The van der Waals surface area contributed by atoms with E-state index in [9.17, 15) is 5.11 Å². The molecular formula is C9H11Cl2NO2. The second-order valence-electron chi connectivity index (χ2n) is 2.70. The van der Waals surface area contributed by atoms with Crippen LogP contribution in [-0.4, -0.2) is 19.3 Å². The maximum absolute atomic E-state index is 9.50. The van der Waals surface area contributed by atoms with Crippen molar-refractivity contribution in [3.05, 3.63) is 27.7 Å². The Labute approximate surface area is 92.6 Å². The monoisotopic (exact) mass is 235 g/mol. The molecule has 1 rings (SSSR count). The minimum atomic E-state index is -0.828. The number of aliphatic hydroxyl groups is 1. The van der Waals surface area contributed by atoms with E-state index in [0.29, 0.717) is 21.4 Å². The molecule has 5 heteroatoms. The molecule has 0 heterocycles. The Morgan fingerprint density at radius 1 is 1.36 bits per heavy atom. The van der Waals surface area contributed by atoms with Crippen LogP contribution in [0.25, 0.3) is 0 Å². The highest BCUT2D eigenvalue weighted by Crippen LogP contribution is 2.33.